The lowest BCUT2D eigenvalue weighted by Gasteiger charge is -2.36. The Labute approximate surface area is 110 Å². The van der Waals surface area contributed by atoms with Gasteiger partial charge in [-0.2, -0.15) is 0 Å². The van der Waals surface area contributed by atoms with Gasteiger partial charge >= 0.3 is 0 Å². The normalized spacial score (nSPS) is 24.3. The van der Waals surface area contributed by atoms with Crippen molar-refractivity contribution in [3.8, 4) is 0 Å². The number of nitrogens with one attached hydrogen (secondary N) is 2. The molecule has 0 spiro atoms. The monoisotopic (exact) mass is 257 g/mol. The van der Waals surface area contributed by atoms with Crippen molar-refractivity contribution in [2.45, 2.75) is 51.7 Å². The van der Waals surface area contributed by atoms with Crippen molar-refractivity contribution in [2.75, 3.05) is 26.2 Å². The molecule has 0 aromatic heterocycles. The van der Waals surface area contributed by atoms with Crippen molar-refractivity contribution in [1.82, 2.24) is 15.5 Å². The summed E-state index contributed by atoms with van der Waals surface area (Å²) in [5.41, 5.74) is 0. The Balaban J connectivity index is 2.63. The molecule has 1 fully saturated rings. The summed E-state index contributed by atoms with van der Waals surface area (Å²) in [5, 5.41) is 15.7. The highest BCUT2D eigenvalue weighted by molar-refractivity contribution is 5.82. The fraction of sp³-hybridized carbons (Fsp3) is 0.923. The lowest BCUT2D eigenvalue weighted by atomic mass is 10.1. The van der Waals surface area contributed by atoms with Crippen LogP contribution in [-0.2, 0) is 4.79 Å². The summed E-state index contributed by atoms with van der Waals surface area (Å²) < 4.78 is 0. The van der Waals surface area contributed by atoms with Gasteiger partial charge in [0, 0.05) is 31.7 Å². The van der Waals surface area contributed by atoms with Crippen LogP contribution in [-0.4, -0.2) is 60.3 Å². The Kier molecular flexibility index (Phi) is 6.60. The zero-order valence-electron chi connectivity index (χ0n) is 11.8. The molecular formula is C13H27N3O2. The van der Waals surface area contributed by atoms with Gasteiger partial charge in [0.25, 0.3) is 0 Å². The molecule has 1 aliphatic rings. The Morgan fingerprint density at radius 1 is 1.33 bits per heavy atom. The SMILES string of the molecule is CCC(CC)N(CCO)C(=O)C1CNC(C)CN1. The van der Waals surface area contributed by atoms with E-state index in [1.165, 1.54) is 0 Å². The van der Waals surface area contributed by atoms with E-state index < -0.39 is 0 Å². The van der Waals surface area contributed by atoms with E-state index in [2.05, 4.69) is 31.4 Å². The lowest BCUT2D eigenvalue weighted by molar-refractivity contribution is -0.137. The summed E-state index contributed by atoms with van der Waals surface area (Å²) in [4.78, 5) is 14.3. The number of aliphatic hydroxyl groups is 1. The predicted octanol–water partition coefficient (Wildman–Crippen LogP) is -0.0542. The molecule has 5 heteroatoms. The maximum atomic E-state index is 12.5. The second kappa shape index (κ2) is 7.71. The van der Waals surface area contributed by atoms with E-state index in [9.17, 15) is 4.79 Å². The number of hydrogen-bond acceptors (Lipinski definition) is 4. The van der Waals surface area contributed by atoms with Gasteiger partial charge in [-0.1, -0.05) is 13.8 Å². The van der Waals surface area contributed by atoms with Crippen molar-refractivity contribution in [1.29, 1.82) is 0 Å². The molecule has 1 saturated heterocycles. The van der Waals surface area contributed by atoms with Gasteiger partial charge in [-0.05, 0) is 19.8 Å². The maximum Gasteiger partial charge on any atom is 0.241 e. The zero-order chi connectivity index (χ0) is 13.5. The minimum atomic E-state index is -0.159. The summed E-state index contributed by atoms with van der Waals surface area (Å²) >= 11 is 0. The molecule has 1 amide bonds. The molecule has 1 heterocycles. The second-order valence-corrected chi connectivity index (χ2v) is 5.00. The fourth-order valence-corrected chi connectivity index (χ4v) is 2.47. The van der Waals surface area contributed by atoms with E-state index in [0.717, 1.165) is 19.4 Å². The van der Waals surface area contributed by atoms with Crippen LogP contribution < -0.4 is 10.6 Å². The Morgan fingerprint density at radius 2 is 2.00 bits per heavy atom. The van der Waals surface area contributed by atoms with Gasteiger partial charge in [-0.15, -0.1) is 0 Å². The molecule has 18 heavy (non-hydrogen) atoms. The first-order chi connectivity index (χ1) is 8.63. The Hall–Kier alpha value is -0.650. The predicted molar refractivity (Wildman–Crippen MR) is 72.4 cm³/mol. The minimum Gasteiger partial charge on any atom is -0.395 e. The first-order valence-electron chi connectivity index (χ1n) is 7.02. The van der Waals surface area contributed by atoms with E-state index >= 15 is 0 Å². The molecular weight excluding hydrogens is 230 g/mol. The van der Waals surface area contributed by atoms with Gasteiger partial charge < -0.3 is 20.6 Å². The number of hydrogen-bond donors (Lipinski definition) is 3. The van der Waals surface area contributed by atoms with E-state index in [1.807, 2.05) is 4.90 Å². The minimum absolute atomic E-state index is 0.0266. The van der Waals surface area contributed by atoms with Crippen LogP contribution in [0.3, 0.4) is 0 Å². The number of amides is 1. The van der Waals surface area contributed by atoms with Gasteiger partial charge in [0.2, 0.25) is 5.91 Å². The van der Waals surface area contributed by atoms with Crippen LogP contribution in [0.5, 0.6) is 0 Å². The average Bonchev–Trinajstić information content (AvgIpc) is 2.39. The third-order valence-electron chi connectivity index (χ3n) is 3.65. The smallest absolute Gasteiger partial charge is 0.241 e. The number of piperazine rings is 1. The maximum absolute atomic E-state index is 12.5. The average molecular weight is 257 g/mol. The van der Waals surface area contributed by atoms with Gasteiger partial charge in [0.05, 0.1) is 12.6 Å². The molecule has 0 aliphatic carbocycles. The summed E-state index contributed by atoms with van der Waals surface area (Å²) in [6, 6.07) is 0.479. The van der Waals surface area contributed by atoms with Crippen LogP contribution in [0, 0.1) is 0 Å². The summed E-state index contributed by atoms with van der Waals surface area (Å²) in [5.74, 6) is 0.108. The number of aliphatic hydroxyl groups excluding tert-OH is 1. The van der Waals surface area contributed by atoms with Crippen molar-refractivity contribution in [2.24, 2.45) is 0 Å². The third kappa shape index (κ3) is 3.93. The van der Waals surface area contributed by atoms with Crippen LogP contribution in [0.15, 0.2) is 0 Å². The molecule has 106 valence electrons. The quantitative estimate of drug-likeness (QED) is 0.624. The van der Waals surface area contributed by atoms with E-state index in [-0.39, 0.29) is 24.6 Å². The topological polar surface area (TPSA) is 64.6 Å². The number of carbonyl (C=O) groups is 1. The molecule has 0 aromatic rings. The van der Waals surface area contributed by atoms with Gasteiger partial charge in [0.1, 0.15) is 0 Å². The standard InChI is InChI=1S/C13H27N3O2/c1-4-11(5-2)16(6-7-17)13(18)12-9-14-10(3)8-15-12/h10-12,14-15,17H,4-9H2,1-3H3. The molecule has 5 nitrogen and oxygen atoms in total. The Bertz CT molecular complexity index is 249. The second-order valence-electron chi connectivity index (χ2n) is 5.00. The summed E-state index contributed by atoms with van der Waals surface area (Å²) in [6.45, 7) is 8.20. The molecule has 0 radical (unpaired) electrons. The number of rotatable bonds is 6. The highest BCUT2D eigenvalue weighted by Gasteiger charge is 2.29. The van der Waals surface area contributed by atoms with Crippen LogP contribution in [0.25, 0.3) is 0 Å². The van der Waals surface area contributed by atoms with E-state index in [1.54, 1.807) is 0 Å². The highest BCUT2D eigenvalue weighted by Crippen LogP contribution is 2.11. The van der Waals surface area contributed by atoms with Crippen LogP contribution in [0.2, 0.25) is 0 Å². The zero-order valence-corrected chi connectivity index (χ0v) is 11.8. The van der Waals surface area contributed by atoms with Gasteiger partial charge in [0.15, 0.2) is 0 Å². The molecule has 2 atom stereocenters. The Morgan fingerprint density at radius 3 is 2.44 bits per heavy atom. The molecule has 0 saturated carbocycles. The molecule has 3 N–H and O–H groups in total. The molecule has 0 bridgehead atoms. The molecule has 1 aliphatic heterocycles. The fourth-order valence-electron chi connectivity index (χ4n) is 2.47. The van der Waals surface area contributed by atoms with Crippen molar-refractivity contribution < 1.29 is 9.90 Å². The lowest BCUT2D eigenvalue weighted by Crippen LogP contribution is -2.61. The van der Waals surface area contributed by atoms with Crippen molar-refractivity contribution in [3.63, 3.8) is 0 Å². The first kappa shape index (κ1) is 15.4. The largest absolute Gasteiger partial charge is 0.395 e. The van der Waals surface area contributed by atoms with Crippen molar-refractivity contribution >= 4 is 5.91 Å². The van der Waals surface area contributed by atoms with Crippen LogP contribution in [0.4, 0.5) is 0 Å². The molecule has 1 rings (SSSR count). The van der Waals surface area contributed by atoms with Crippen molar-refractivity contribution in [3.05, 3.63) is 0 Å². The number of carbonyl (C=O) groups excluding carboxylic acids is 1. The van der Waals surface area contributed by atoms with Gasteiger partial charge in [-0.25, -0.2) is 0 Å². The summed E-state index contributed by atoms with van der Waals surface area (Å²) in [6.07, 6.45) is 1.86. The van der Waals surface area contributed by atoms with E-state index in [4.69, 9.17) is 5.11 Å². The van der Waals surface area contributed by atoms with E-state index in [0.29, 0.717) is 19.1 Å². The third-order valence-corrected chi connectivity index (χ3v) is 3.65. The molecule has 2 unspecified atom stereocenters. The van der Waals surface area contributed by atoms with Crippen LogP contribution >= 0.6 is 0 Å². The van der Waals surface area contributed by atoms with Gasteiger partial charge in [-0.3, -0.25) is 4.79 Å². The highest BCUT2D eigenvalue weighted by atomic mass is 16.3. The first-order valence-corrected chi connectivity index (χ1v) is 7.02. The van der Waals surface area contributed by atoms with Crippen LogP contribution in [0.1, 0.15) is 33.6 Å². The number of nitrogens with zero attached hydrogens (tertiary/aromatic N) is 1. The summed E-state index contributed by atoms with van der Waals surface area (Å²) in [7, 11) is 0. The molecule has 0 aromatic carbocycles.